The fraction of sp³-hybridized carbons (Fsp3) is 0.438. The summed E-state index contributed by atoms with van der Waals surface area (Å²) in [6, 6.07) is 6.12. The summed E-state index contributed by atoms with van der Waals surface area (Å²) < 4.78 is 7.72. The first-order valence-electron chi connectivity index (χ1n) is 7.34. The Morgan fingerprint density at radius 1 is 1.41 bits per heavy atom. The van der Waals surface area contributed by atoms with Crippen molar-refractivity contribution in [3.8, 4) is 0 Å². The van der Waals surface area contributed by atoms with E-state index in [1.807, 2.05) is 23.6 Å². The number of hydrogen-bond donors (Lipinski definition) is 0. The second-order valence-corrected chi connectivity index (χ2v) is 6.57. The highest BCUT2D eigenvalue weighted by Gasteiger charge is 2.29. The van der Waals surface area contributed by atoms with E-state index in [4.69, 9.17) is 4.74 Å². The minimum Gasteiger partial charge on any atom is -0.469 e. The number of nitrogens with zero attached hydrogens (tertiary/aromatic N) is 2. The van der Waals surface area contributed by atoms with Crippen LogP contribution in [0.15, 0.2) is 23.2 Å². The molecule has 1 heterocycles. The van der Waals surface area contributed by atoms with Gasteiger partial charge in [-0.2, -0.15) is 4.99 Å². The number of aromatic nitrogens is 1. The standard InChI is InChI=1S/C16H18N2O3S/c1-10-3-6-12-13(9-10)22-16(17-15(20)11-4-5-11)18(12)8-7-14(19)21-2/h3,6,9,11H,4-5,7-8H2,1-2H3. The molecule has 0 spiro atoms. The zero-order chi connectivity index (χ0) is 15.7. The third kappa shape index (κ3) is 3.11. The molecule has 0 aliphatic heterocycles. The molecule has 1 saturated carbocycles. The number of carbonyl (C=O) groups excluding carboxylic acids is 2. The summed E-state index contributed by atoms with van der Waals surface area (Å²) in [5.41, 5.74) is 2.16. The van der Waals surface area contributed by atoms with Crippen molar-refractivity contribution in [3.05, 3.63) is 28.6 Å². The quantitative estimate of drug-likeness (QED) is 0.813. The number of ether oxygens (including phenoxy) is 1. The number of hydrogen-bond acceptors (Lipinski definition) is 4. The molecule has 1 amide bonds. The van der Waals surface area contributed by atoms with Gasteiger partial charge in [0.25, 0.3) is 5.91 Å². The number of amides is 1. The molecule has 0 radical (unpaired) electrons. The van der Waals surface area contributed by atoms with E-state index in [-0.39, 0.29) is 24.2 Å². The van der Waals surface area contributed by atoms with Crippen LogP contribution in [-0.4, -0.2) is 23.6 Å². The number of aryl methyl sites for hydroxylation is 2. The van der Waals surface area contributed by atoms with Gasteiger partial charge < -0.3 is 9.30 Å². The molecule has 1 fully saturated rings. The molecular formula is C16H18N2O3S. The number of thiazole rings is 1. The third-order valence-corrected chi connectivity index (χ3v) is 4.78. The van der Waals surface area contributed by atoms with Gasteiger partial charge in [0, 0.05) is 12.5 Å². The van der Waals surface area contributed by atoms with Crippen LogP contribution in [-0.2, 0) is 20.9 Å². The molecule has 116 valence electrons. The maximum absolute atomic E-state index is 12.0. The minimum atomic E-state index is -0.265. The summed E-state index contributed by atoms with van der Waals surface area (Å²) in [7, 11) is 1.38. The van der Waals surface area contributed by atoms with Gasteiger partial charge in [0.1, 0.15) is 0 Å². The van der Waals surface area contributed by atoms with Crippen LogP contribution in [0.25, 0.3) is 10.2 Å². The maximum Gasteiger partial charge on any atom is 0.307 e. The summed E-state index contributed by atoms with van der Waals surface area (Å²) in [4.78, 5) is 28.4. The Balaban J connectivity index is 2.04. The SMILES string of the molecule is COC(=O)CCn1c(=NC(=O)C2CC2)sc2cc(C)ccc21. The Bertz CT molecular complexity index is 799. The first-order valence-corrected chi connectivity index (χ1v) is 8.15. The molecule has 0 N–H and O–H groups in total. The van der Waals surface area contributed by atoms with Crippen molar-refractivity contribution in [1.82, 2.24) is 4.57 Å². The Kier molecular flexibility index (Phi) is 4.11. The average Bonchev–Trinajstić information content (AvgIpc) is 3.29. The van der Waals surface area contributed by atoms with Crippen molar-refractivity contribution in [2.24, 2.45) is 10.9 Å². The normalized spacial score (nSPS) is 15.3. The highest BCUT2D eigenvalue weighted by atomic mass is 32.1. The van der Waals surface area contributed by atoms with Crippen molar-refractivity contribution in [2.75, 3.05) is 7.11 Å². The maximum atomic E-state index is 12.0. The number of fused-ring (bicyclic) bond motifs is 1. The third-order valence-electron chi connectivity index (χ3n) is 3.74. The molecule has 0 unspecified atom stereocenters. The van der Waals surface area contributed by atoms with Crippen LogP contribution >= 0.6 is 11.3 Å². The summed E-state index contributed by atoms with van der Waals surface area (Å²) >= 11 is 1.49. The van der Waals surface area contributed by atoms with Crippen molar-refractivity contribution < 1.29 is 14.3 Å². The first kappa shape index (κ1) is 15.0. The van der Waals surface area contributed by atoms with Gasteiger partial charge in [-0.1, -0.05) is 17.4 Å². The van der Waals surface area contributed by atoms with Gasteiger partial charge in [0.05, 0.1) is 23.7 Å². The molecule has 22 heavy (non-hydrogen) atoms. The van der Waals surface area contributed by atoms with Crippen LogP contribution in [0.2, 0.25) is 0 Å². The molecule has 3 rings (SSSR count). The van der Waals surface area contributed by atoms with Gasteiger partial charge in [-0.3, -0.25) is 9.59 Å². The Morgan fingerprint density at radius 2 is 2.18 bits per heavy atom. The highest BCUT2D eigenvalue weighted by molar-refractivity contribution is 7.16. The van der Waals surface area contributed by atoms with E-state index >= 15 is 0 Å². The lowest BCUT2D eigenvalue weighted by Crippen LogP contribution is -2.19. The van der Waals surface area contributed by atoms with E-state index in [0.29, 0.717) is 11.3 Å². The zero-order valence-electron chi connectivity index (χ0n) is 12.7. The number of rotatable bonds is 4. The monoisotopic (exact) mass is 318 g/mol. The predicted molar refractivity (Wildman–Crippen MR) is 84.5 cm³/mol. The Morgan fingerprint density at radius 3 is 2.86 bits per heavy atom. The minimum absolute atomic E-state index is 0.0462. The molecule has 0 atom stereocenters. The average molecular weight is 318 g/mol. The van der Waals surface area contributed by atoms with Crippen molar-refractivity contribution in [2.45, 2.75) is 32.7 Å². The molecule has 1 aromatic heterocycles. The lowest BCUT2D eigenvalue weighted by atomic mass is 10.2. The second-order valence-electron chi connectivity index (χ2n) is 5.56. The molecule has 0 bridgehead atoms. The Hall–Kier alpha value is -1.95. The van der Waals surface area contributed by atoms with E-state index in [1.54, 1.807) is 0 Å². The molecule has 1 aliphatic carbocycles. The van der Waals surface area contributed by atoms with Crippen LogP contribution in [0.4, 0.5) is 0 Å². The van der Waals surface area contributed by atoms with E-state index < -0.39 is 0 Å². The Labute approximate surface area is 132 Å². The number of esters is 1. The lowest BCUT2D eigenvalue weighted by Gasteiger charge is -2.04. The van der Waals surface area contributed by atoms with Crippen LogP contribution in [0.3, 0.4) is 0 Å². The molecule has 1 aliphatic rings. The van der Waals surface area contributed by atoms with Gasteiger partial charge in [0.15, 0.2) is 4.80 Å². The topological polar surface area (TPSA) is 60.7 Å². The van der Waals surface area contributed by atoms with Crippen molar-refractivity contribution in [1.29, 1.82) is 0 Å². The molecular weight excluding hydrogens is 300 g/mol. The van der Waals surface area contributed by atoms with E-state index in [1.165, 1.54) is 18.4 Å². The van der Waals surface area contributed by atoms with Crippen molar-refractivity contribution >= 4 is 33.4 Å². The van der Waals surface area contributed by atoms with Crippen LogP contribution in [0, 0.1) is 12.8 Å². The summed E-state index contributed by atoms with van der Waals surface area (Å²) in [6.07, 6.45) is 2.14. The zero-order valence-corrected chi connectivity index (χ0v) is 13.5. The largest absolute Gasteiger partial charge is 0.469 e. The van der Waals surface area contributed by atoms with Gasteiger partial charge in [-0.25, -0.2) is 0 Å². The predicted octanol–water partition coefficient (Wildman–Crippen LogP) is 2.41. The molecule has 0 saturated heterocycles. The number of methoxy groups -OCH3 is 1. The van der Waals surface area contributed by atoms with Crippen LogP contribution in [0.1, 0.15) is 24.8 Å². The van der Waals surface area contributed by atoms with Gasteiger partial charge in [-0.15, -0.1) is 0 Å². The summed E-state index contributed by atoms with van der Waals surface area (Å²) in [5, 5.41) is 0. The number of benzene rings is 1. The molecule has 5 nitrogen and oxygen atoms in total. The van der Waals surface area contributed by atoms with E-state index in [0.717, 1.165) is 28.6 Å². The first-order chi connectivity index (χ1) is 10.6. The highest BCUT2D eigenvalue weighted by Crippen LogP contribution is 2.30. The van der Waals surface area contributed by atoms with E-state index in [9.17, 15) is 9.59 Å². The second kappa shape index (κ2) is 6.04. The van der Waals surface area contributed by atoms with Gasteiger partial charge in [0.2, 0.25) is 0 Å². The van der Waals surface area contributed by atoms with Gasteiger partial charge in [-0.05, 0) is 37.5 Å². The fourth-order valence-electron chi connectivity index (χ4n) is 2.30. The van der Waals surface area contributed by atoms with Crippen LogP contribution < -0.4 is 4.80 Å². The van der Waals surface area contributed by atoms with E-state index in [2.05, 4.69) is 11.1 Å². The molecule has 1 aromatic carbocycles. The van der Waals surface area contributed by atoms with Crippen LogP contribution in [0.5, 0.6) is 0 Å². The smallest absolute Gasteiger partial charge is 0.307 e. The molecule has 2 aromatic rings. The summed E-state index contributed by atoms with van der Waals surface area (Å²) in [6.45, 7) is 2.50. The molecule has 6 heteroatoms. The van der Waals surface area contributed by atoms with Gasteiger partial charge >= 0.3 is 5.97 Å². The number of carbonyl (C=O) groups is 2. The van der Waals surface area contributed by atoms with Crippen molar-refractivity contribution in [3.63, 3.8) is 0 Å². The fourth-order valence-corrected chi connectivity index (χ4v) is 3.46. The lowest BCUT2D eigenvalue weighted by molar-refractivity contribution is -0.140. The summed E-state index contributed by atoms with van der Waals surface area (Å²) in [5.74, 6) is -0.213.